The van der Waals surface area contributed by atoms with Gasteiger partial charge >= 0.3 is 0 Å². The largest absolute Gasteiger partial charge is 0.372 e. The van der Waals surface area contributed by atoms with Crippen molar-refractivity contribution in [2.24, 2.45) is 16.1 Å². The van der Waals surface area contributed by atoms with Gasteiger partial charge in [0, 0.05) is 30.9 Å². The van der Waals surface area contributed by atoms with E-state index in [0.717, 1.165) is 24.3 Å². The summed E-state index contributed by atoms with van der Waals surface area (Å²) in [5.41, 5.74) is 7.46. The van der Waals surface area contributed by atoms with Crippen molar-refractivity contribution < 1.29 is 9.59 Å². The van der Waals surface area contributed by atoms with Gasteiger partial charge in [0.25, 0.3) is 0 Å². The fourth-order valence-electron chi connectivity index (χ4n) is 2.50. The van der Waals surface area contributed by atoms with Crippen LogP contribution in [0.3, 0.4) is 0 Å². The van der Waals surface area contributed by atoms with Crippen LogP contribution in [0, 0.1) is 5.92 Å². The first kappa shape index (κ1) is 17.7. The molecule has 0 saturated carbocycles. The van der Waals surface area contributed by atoms with Crippen molar-refractivity contribution >= 4 is 29.4 Å². The van der Waals surface area contributed by atoms with Crippen LogP contribution in [0.15, 0.2) is 34.5 Å². The molecule has 0 spiro atoms. The van der Waals surface area contributed by atoms with Crippen molar-refractivity contribution in [1.82, 2.24) is 10.9 Å². The zero-order chi connectivity index (χ0) is 17.5. The van der Waals surface area contributed by atoms with Crippen molar-refractivity contribution in [2.75, 3.05) is 18.0 Å². The van der Waals surface area contributed by atoms with Gasteiger partial charge in [-0.2, -0.15) is 10.2 Å². The molecule has 7 heteroatoms. The molecule has 0 bridgehead atoms. The summed E-state index contributed by atoms with van der Waals surface area (Å²) >= 11 is 0. The number of amides is 2. The number of anilines is 1. The maximum absolute atomic E-state index is 11.8. The molecule has 0 saturated heterocycles. The second kappa shape index (κ2) is 8.24. The van der Waals surface area contributed by atoms with E-state index in [1.54, 1.807) is 13.1 Å². The molecule has 1 heterocycles. The second-order valence-electron chi connectivity index (χ2n) is 5.54. The number of nitrogens with one attached hydrogen (secondary N) is 2. The van der Waals surface area contributed by atoms with Gasteiger partial charge in [-0.15, -0.1) is 0 Å². The quantitative estimate of drug-likeness (QED) is 0.587. The van der Waals surface area contributed by atoms with E-state index in [1.807, 2.05) is 24.3 Å². The first-order chi connectivity index (χ1) is 11.5. The van der Waals surface area contributed by atoms with Crippen LogP contribution in [0.25, 0.3) is 0 Å². The molecule has 0 unspecified atom stereocenters. The van der Waals surface area contributed by atoms with Gasteiger partial charge in [0.1, 0.15) is 0 Å². The lowest BCUT2D eigenvalue weighted by Crippen LogP contribution is -2.29. The van der Waals surface area contributed by atoms with Crippen LogP contribution in [-0.4, -0.2) is 36.8 Å². The lowest BCUT2D eigenvalue weighted by Gasteiger charge is -2.20. The average molecular weight is 329 g/mol. The third-order valence-electron chi connectivity index (χ3n) is 3.98. The average Bonchev–Trinajstić information content (AvgIpc) is 2.89. The monoisotopic (exact) mass is 329 g/mol. The number of benzene rings is 1. The van der Waals surface area contributed by atoms with Crippen molar-refractivity contribution in [1.29, 1.82) is 0 Å². The Morgan fingerprint density at radius 1 is 1.33 bits per heavy atom. The summed E-state index contributed by atoms with van der Waals surface area (Å²) in [5, 5.41) is 7.75. The van der Waals surface area contributed by atoms with Gasteiger partial charge in [-0.25, -0.2) is 10.9 Å². The highest BCUT2D eigenvalue weighted by Gasteiger charge is 2.28. The van der Waals surface area contributed by atoms with Crippen molar-refractivity contribution in [3.05, 3.63) is 29.8 Å². The summed E-state index contributed by atoms with van der Waals surface area (Å²) < 4.78 is 0. The molecule has 24 heavy (non-hydrogen) atoms. The van der Waals surface area contributed by atoms with Crippen molar-refractivity contribution in [3.8, 4) is 0 Å². The van der Waals surface area contributed by atoms with Gasteiger partial charge < -0.3 is 4.90 Å². The second-order valence-corrected chi connectivity index (χ2v) is 5.54. The molecule has 2 N–H and O–H groups in total. The van der Waals surface area contributed by atoms with Crippen LogP contribution in [0.4, 0.5) is 5.69 Å². The number of hydrazone groups is 2. The van der Waals surface area contributed by atoms with Gasteiger partial charge in [0.15, 0.2) is 0 Å². The molecule has 1 aromatic rings. The Bertz CT molecular complexity index is 647. The van der Waals surface area contributed by atoms with E-state index in [1.165, 1.54) is 0 Å². The summed E-state index contributed by atoms with van der Waals surface area (Å²) in [7, 11) is 0. The molecule has 128 valence electrons. The van der Waals surface area contributed by atoms with Gasteiger partial charge in [-0.3, -0.25) is 9.59 Å². The maximum Gasteiger partial charge on any atom is 0.249 e. The van der Waals surface area contributed by atoms with Crippen molar-refractivity contribution in [2.45, 2.75) is 27.2 Å². The van der Waals surface area contributed by atoms with E-state index in [4.69, 9.17) is 0 Å². The van der Waals surface area contributed by atoms with E-state index >= 15 is 0 Å². The van der Waals surface area contributed by atoms with Crippen LogP contribution in [-0.2, 0) is 9.59 Å². The number of hydrogen-bond donors (Lipinski definition) is 2. The van der Waals surface area contributed by atoms with Crippen molar-refractivity contribution in [3.63, 3.8) is 0 Å². The highest BCUT2D eigenvalue weighted by atomic mass is 16.2. The van der Waals surface area contributed by atoms with E-state index in [2.05, 4.69) is 39.8 Å². The third kappa shape index (κ3) is 4.41. The minimum Gasteiger partial charge on any atom is -0.372 e. The Labute approximate surface area is 141 Å². The zero-order valence-electron chi connectivity index (χ0n) is 14.2. The van der Waals surface area contributed by atoms with E-state index in [9.17, 15) is 9.59 Å². The fourth-order valence-corrected chi connectivity index (χ4v) is 2.50. The Balaban J connectivity index is 1.86. The number of rotatable bonds is 7. The van der Waals surface area contributed by atoms with E-state index < -0.39 is 5.92 Å². The molecule has 0 radical (unpaired) electrons. The fraction of sp³-hybridized carbons (Fsp3) is 0.412. The molecular weight excluding hydrogens is 306 g/mol. The Hall–Kier alpha value is -2.70. The maximum atomic E-state index is 11.8. The lowest BCUT2D eigenvalue weighted by atomic mass is 10.0. The predicted molar refractivity (Wildman–Crippen MR) is 95.1 cm³/mol. The molecule has 1 atom stereocenters. The van der Waals surface area contributed by atoms with Crippen LogP contribution in [0.2, 0.25) is 0 Å². The highest BCUT2D eigenvalue weighted by molar-refractivity contribution is 6.09. The molecule has 0 fully saturated rings. The van der Waals surface area contributed by atoms with Crippen LogP contribution in [0.5, 0.6) is 0 Å². The normalized spacial score (nSPS) is 16.9. The molecule has 2 rings (SSSR count). The van der Waals surface area contributed by atoms with E-state index in [-0.39, 0.29) is 18.2 Å². The number of carbonyl (C=O) groups excluding carboxylic acids is 2. The molecule has 1 aromatic carbocycles. The van der Waals surface area contributed by atoms with Gasteiger partial charge in [-0.1, -0.05) is 12.1 Å². The van der Waals surface area contributed by atoms with Crippen LogP contribution in [0.1, 0.15) is 32.8 Å². The molecule has 7 nitrogen and oxygen atoms in total. The summed E-state index contributed by atoms with van der Waals surface area (Å²) in [5.74, 6) is -1.07. The Morgan fingerprint density at radius 2 is 2.00 bits per heavy atom. The molecule has 0 aromatic heterocycles. The number of hydrogen-bond acceptors (Lipinski definition) is 5. The molecule has 2 amide bonds. The summed E-state index contributed by atoms with van der Waals surface area (Å²) in [4.78, 5) is 25.6. The topological polar surface area (TPSA) is 86.2 Å². The van der Waals surface area contributed by atoms with Gasteiger partial charge in [0.2, 0.25) is 11.8 Å². The summed E-state index contributed by atoms with van der Waals surface area (Å²) in [6, 6.07) is 7.95. The number of nitrogens with zero attached hydrogens (tertiary/aromatic N) is 3. The minimum absolute atomic E-state index is 0.0411. The van der Waals surface area contributed by atoms with Gasteiger partial charge in [-0.05, 0) is 38.5 Å². The predicted octanol–water partition coefficient (Wildman–Crippen LogP) is 1.49. The smallest absolute Gasteiger partial charge is 0.249 e. The SMILES string of the molecule is CCN(CC)c1ccc(/C=N\NC(=O)C[C@H]2C(=O)NN=C2C)cc1. The van der Waals surface area contributed by atoms with Crippen LogP contribution >= 0.6 is 0 Å². The highest BCUT2D eigenvalue weighted by Crippen LogP contribution is 2.14. The first-order valence-electron chi connectivity index (χ1n) is 8.06. The molecule has 1 aliphatic heterocycles. The number of carbonyl (C=O) groups is 2. The minimum atomic E-state index is -0.506. The van der Waals surface area contributed by atoms with Crippen LogP contribution < -0.4 is 15.8 Å². The zero-order valence-corrected chi connectivity index (χ0v) is 14.2. The molecule has 1 aliphatic rings. The van der Waals surface area contributed by atoms with E-state index in [0.29, 0.717) is 5.71 Å². The summed E-state index contributed by atoms with van der Waals surface area (Å²) in [6.07, 6.45) is 1.62. The van der Waals surface area contributed by atoms with Gasteiger partial charge in [0.05, 0.1) is 12.1 Å². The standard InChI is InChI=1S/C17H23N5O2/c1-4-22(5-2)14-8-6-13(7-9-14)11-18-20-16(23)10-15-12(3)19-21-17(15)24/h6-9,11,15H,4-5,10H2,1-3H3,(H,20,23)(H,21,24)/b18-11-/t15-/m1/s1. The third-order valence-corrected chi connectivity index (χ3v) is 3.98. The summed E-state index contributed by atoms with van der Waals surface area (Å²) in [6.45, 7) is 7.86. The lowest BCUT2D eigenvalue weighted by molar-refractivity contribution is -0.127. The Kier molecular flexibility index (Phi) is 6.06. The molecular formula is C17H23N5O2. The first-order valence-corrected chi connectivity index (χ1v) is 8.06. The Morgan fingerprint density at radius 3 is 2.54 bits per heavy atom. The molecule has 0 aliphatic carbocycles.